The minimum atomic E-state index is -1.13. The molecule has 1 aromatic rings. The second kappa shape index (κ2) is 7.42. The number of benzene rings is 1. The first-order valence-corrected chi connectivity index (χ1v) is 6.69. The van der Waals surface area contributed by atoms with E-state index in [1.54, 1.807) is 24.3 Å². The van der Waals surface area contributed by atoms with Gasteiger partial charge >= 0.3 is 5.97 Å². The molecular formula is C15H20N2O4. The molecule has 6 heteroatoms. The largest absolute Gasteiger partial charge is 0.480 e. The molecule has 1 unspecified atom stereocenters. The molecule has 0 spiro atoms. The summed E-state index contributed by atoms with van der Waals surface area (Å²) >= 11 is 0. The second-order valence-corrected chi connectivity index (χ2v) is 5.02. The topological polar surface area (TPSA) is 86.7 Å². The number of hydrogen-bond donors (Lipinski definition) is 2. The number of aliphatic carboxylic acids is 1. The van der Waals surface area contributed by atoms with Crippen LogP contribution in [0, 0.1) is 5.92 Å². The highest BCUT2D eigenvalue weighted by Gasteiger charge is 2.32. The van der Waals surface area contributed by atoms with Crippen molar-refractivity contribution in [1.29, 1.82) is 0 Å². The number of para-hydroxylation sites is 1. The van der Waals surface area contributed by atoms with Crippen LogP contribution in [0.2, 0.25) is 0 Å². The van der Waals surface area contributed by atoms with Crippen molar-refractivity contribution < 1.29 is 19.5 Å². The predicted molar refractivity (Wildman–Crippen MR) is 78.9 cm³/mol. The third-order valence-corrected chi connectivity index (χ3v) is 2.97. The Kier molecular flexibility index (Phi) is 5.90. The van der Waals surface area contributed by atoms with Gasteiger partial charge in [-0.3, -0.25) is 19.3 Å². The van der Waals surface area contributed by atoms with Gasteiger partial charge in [-0.2, -0.15) is 0 Å². The summed E-state index contributed by atoms with van der Waals surface area (Å²) < 4.78 is 0. The first-order chi connectivity index (χ1) is 9.84. The Balaban J connectivity index is 3.07. The molecule has 1 atom stereocenters. The summed E-state index contributed by atoms with van der Waals surface area (Å²) in [6.07, 6.45) is 0. The first kappa shape index (κ1) is 16.7. The van der Waals surface area contributed by atoms with Gasteiger partial charge in [0.1, 0.15) is 12.6 Å². The molecule has 2 N–H and O–H groups in total. The number of carboxylic acid groups (broad SMARTS) is 1. The summed E-state index contributed by atoms with van der Waals surface area (Å²) in [6.45, 7) is 4.53. The second-order valence-electron chi connectivity index (χ2n) is 5.02. The van der Waals surface area contributed by atoms with Gasteiger partial charge in [0.25, 0.3) is 0 Å². The molecule has 0 aliphatic rings. The normalized spacial score (nSPS) is 11.8. The fourth-order valence-electron chi connectivity index (χ4n) is 2.11. The number of carbonyl (C=O) groups excluding carboxylic acids is 2. The van der Waals surface area contributed by atoms with Crippen molar-refractivity contribution in [3.63, 3.8) is 0 Å². The molecule has 0 aliphatic heterocycles. The van der Waals surface area contributed by atoms with E-state index in [9.17, 15) is 14.4 Å². The molecule has 0 fully saturated rings. The van der Waals surface area contributed by atoms with E-state index in [2.05, 4.69) is 5.32 Å². The van der Waals surface area contributed by atoms with Crippen molar-refractivity contribution in [3.8, 4) is 0 Å². The van der Waals surface area contributed by atoms with Gasteiger partial charge in [-0.15, -0.1) is 0 Å². The molecule has 6 nitrogen and oxygen atoms in total. The lowest BCUT2D eigenvalue weighted by Crippen LogP contribution is -2.52. The Labute approximate surface area is 123 Å². The predicted octanol–water partition coefficient (Wildman–Crippen LogP) is 1.26. The van der Waals surface area contributed by atoms with Crippen molar-refractivity contribution in [2.45, 2.75) is 26.8 Å². The molecule has 21 heavy (non-hydrogen) atoms. The van der Waals surface area contributed by atoms with Gasteiger partial charge in [-0.05, 0) is 18.1 Å². The maximum atomic E-state index is 12.2. The lowest BCUT2D eigenvalue weighted by Gasteiger charge is -2.32. The van der Waals surface area contributed by atoms with Gasteiger partial charge < -0.3 is 10.4 Å². The summed E-state index contributed by atoms with van der Waals surface area (Å²) in [5.74, 6) is -2.04. The lowest BCUT2D eigenvalue weighted by atomic mass is 10.0. The van der Waals surface area contributed by atoms with Gasteiger partial charge in [-0.1, -0.05) is 32.0 Å². The van der Waals surface area contributed by atoms with Crippen LogP contribution in [0.5, 0.6) is 0 Å². The van der Waals surface area contributed by atoms with Crippen LogP contribution in [0.25, 0.3) is 0 Å². The van der Waals surface area contributed by atoms with Crippen LogP contribution in [0.3, 0.4) is 0 Å². The van der Waals surface area contributed by atoms with Crippen molar-refractivity contribution in [2.75, 3.05) is 11.4 Å². The maximum Gasteiger partial charge on any atom is 0.322 e. The average Bonchev–Trinajstić information content (AvgIpc) is 2.42. The van der Waals surface area contributed by atoms with E-state index in [1.807, 2.05) is 19.9 Å². The minimum absolute atomic E-state index is 0.164. The number of carbonyl (C=O) groups is 3. The summed E-state index contributed by atoms with van der Waals surface area (Å²) in [4.78, 5) is 36.2. The van der Waals surface area contributed by atoms with Gasteiger partial charge in [0.2, 0.25) is 11.8 Å². The summed E-state index contributed by atoms with van der Waals surface area (Å²) in [5.41, 5.74) is 0.606. The molecule has 0 heterocycles. The zero-order chi connectivity index (χ0) is 16.0. The number of rotatable bonds is 6. The number of hydrogen-bond acceptors (Lipinski definition) is 3. The van der Waals surface area contributed by atoms with E-state index in [0.717, 1.165) is 0 Å². The van der Waals surface area contributed by atoms with Crippen molar-refractivity contribution in [2.24, 2.45) is 5.92 Å². The number of nitrogens with one attached hydrogen (secondary N) is 1. The summed E-state index contributed by atoms with van der Waals surface area (Å²) in [5, 5.41) is 11.0. The highest BCUT2D eigenvalue weighted by Crippen LogP contribution is 2.21. The van der Waals surface area contributed by atoms with Crippen LogP contribution >= 0.6 is 0 Å². The van der Waals surface area contributed by atoms with E-state index < -0.39 is 24.5 Å². The van der Waals surface area contributed by atoms with Gasteiger partial charge in [-0.25, -0.2) is 0 Å². The van der Waals surface area contributed by atoms with Gasteiger partial charge in [0, 0.05) is 12.6 Å². The standard InChI is InChI=1S/C15H20N2O4/c1-10(2)14(15(21)16-9-13(19)20)17(11(3)18)12-7-5-4-6-8-12/h4-8,10,14H,9H2,1-3H3,(H,16,21)(H,19,20). The van der Waals surface area contributed by atoms with Crippen LogP contribution in [-0.4, -0.2) is 35.5 Å². The van der Waals surface area contributed by atoms with Crippen LogP contribution < -0.4 is 10.2 Å². The zero-order valence-electron chi connectivity index (χ0n) is 12.4. The number of amides is 2. The van der Waals surface area contributed by atoms with E-state index in [-0.39, 0.29) is 11.8 Å². The zero-order valence-corrected chi connectivity index (χ0v) is 12.4. The average molecular weight is 292 g/mol. The van der Waals surface area contributed by atoms with E-state index in [0.29, 0.717) is 5.69 Å². The van der Waals surface area contributed by atoms with Crippen molar-refractivity contribution in [1.82, 2.24) is 5.32 Å². The molecule has 1 aromatic carbocycles. The third kappa shape index (κ3) is 4.59. The van der Waals surface area contributed by atoms with E-state index in [1.165, 1.54) is 11.8 Å². The maximum absolute atomic E-state index is 12.2. The van der Waals surface area contributed by atoms with Crippen LogP contribution in [0.4, 0.5) is 5.69 Å². The Bertz CT molecular complexity index is 514. The molecule has 0 saturated heterocycles. The summed E-state index contributed by atoms with van der Waals surface area (Å²) in [6, 6.07) is 8.08. The Morgan fingerprint density at radius 1 is 1.19 bits per heavy atom. The highest BCUT2D eigenvalue weighted by atomic mass is 16.4. The monoisotopic (exact) mass is 292 g/mol. The number of nitrogens with zero attached hydrogens (tertiary/aromatic N) is 1. The third-order valence-electron chi connectivity index (χ3n) is 2.97. The molecular weight excluding hydrogens is 272 g/mol. The molecule has 0 saturated carbocycles. The lowest BCUT2D eigenvalue weighted by molar-refractivity contribution is -0.138. The minimum Gasteiger partial charge on any atom is -0.480 e. The molecule has 114 valence electrons. The first-order valence-electron chi connectivity index (χ1n) is 6.69. The molecule has 0 radical (unpaired) electrons. The van der Waals surface area contributed by atoms with Crippen molar-refractivity contribution in [3.05, 3.63) is 30.3 Å². The van der Waals surface area contributed by atoms with E-state index >= 15 is 0 Å². The Morgan fingerprint density at radius 3 is 2.19 bits per heavy atom. The smallest absolute Gasteiger partial charge is 0.322 e. The quantitative estimate of drug-likeness (QED) is 0.826. The van der Waals surface area contributed by atoms with Crippen molar-refractivity contribution >= 4 is 23.5 Å². The van der Waals surface area contributed by atoms with Crippen LogP contribution in [0.15, 0.2) is 30.3 Å². The summed E-state index contributed by atoms with van der Waals surface area (Å²) in [7, 11) is 0. The Morgan fingerprint density at radius 2 is 1.76 bits per heavy atom. The fourth-order valence-corrected chi connectivity index (χ4v) is 2.11. The van der Waals surface area contributed by atoms with Gasteiger partial charge in [0.15, 0.2) is 0 Å². The highest BCUT2D eigenvalue weighted by molar-refractivity contribution is 6.00. The molecule has 2 amide bonds. The fraction of sp³-hybridized carbons (Fsp3) is 0.400. The van der Waals surface area contributed by atoms with E-state index in [4.69, 9.17) is 5.11 Å². The number of anilines is 1. The molecule has 0 aliphatic carbocycles. The van der Waals surface area contributed by atoms with Crippen LogP contribution in [-0.2, 0) is 14.4 Å². The van der Waals surface area contributed by atoms with Gasteiger partial charge in [0.05, 0.1) is 0 Å². The Hall–Kier alpha value is -2.37. The SMILES string of the molecule is CC(=O)N(c1ccccc1)C(C(=O)NCC(=O)O)C(C)C. The molecule has 1 rings (SSSR count). The molecule has 0 bridgehead atoms. The number of carboxylic acids is 1. The molecule has 0 aromatic heterocycles. The van der Waals surface area contributed by atoms with Crippen LogP contribution in [0.1, 0.15) is 20.8 Å².